The molecule has 0 saturated carbocycles. The molecule has 0 spiro atoms. The average Bonchev–Trinajstić information content (AvgIpc) is 2.32. The first kappa shape index (κ1) is 17.7. The van der Waals surface area contributed by atoms with E-state index in [9.17, 15) is 4.79 Å². The highest BCUT2D eigenvalue weighted by Gasteiger charge is 2.02. The van der Waals surface area contributed by atoms with E-state index >= 15 is 0 Å². The topological polar surface area (TPSA) is 64.3 Å². The predicted molar refractivity (Wildman–Crippen MR) is 79.8 cm³/mol. The zero-order valence-electron chi connectivity index (χ0n) is 11.5. The van der Waals surface area contributed by atoms with Crippen LogP contribution in [0.1, 0.15) is 25.3 Å². The summed E-state index contributed by atoms with van der Waals surface area (Å²) in [4.78, 5) is 11.4. The highest BCUT2D eigenvalue weighted by Crippen LogP contribution is 2.11. The van der Waals surface area contributed by atoms with Gasteiger partial charge in [0.05, 0.1) is 6.54 Å². The van der Waals surface area contributed by atoms with Gasteiger partial charge in [-0.2, -0.15) is 0 Å². The van der Waals surface area contributed by atoms with Crippen LogP contribution in [0.2, 0.25) is 0 Å². The third-order valence-electron chi connectivity index (χ3n) is 2.51. The Hall–Kier alpha value is -1.26. The second kappa shape index (κ2) is 9.64. The van der Waals surface area contributed by atoms with Crippen molar-refractivity contribution in [2.45, 2.75) is 32.7 Å². The molecule has 0 radical (unpaired) electrons. The van der Waals surface area contributed by atoms with Crippen molar-refractivity contribution in [2.24, 2.45) is 5.73 Å². The summed E-state index contributed by atoms with van der Waals surface area (Å²) in [5, 5.41) is 2.80. The van der Waals surface area contributed by atoms with Gasteiger partial charge in [0.15, 0.2) is 0 Å². The highest BCUT2D eigenvalue weighted by molar-refractivity contribution is 5.85. The Kier molecular flexibility index (Phi) is 9.00. The molecule has 0 fully saturated rings. The lowest BCUT2D eigenvalue weighted by atomic mass is 10.2. The van der Waals surface area contributed by atoms with Crippen LogP contribution in [-0.2, 0) is 4.79 Å². The van der Waals surface area contributed by atoms with Gasteiger partial charge in [-0.3, -0.25) is 4.79 Å². The van der Waals surface area contributed by atoms with Crippen LogP contribution in [0, 0.1) is 6.92 Å². The van der Waals surface area contributed by atoms with E-state index in [1.807, 2.05) is 38.1 Å². The van der Waals surface area contributed by atoms with E-state index < -0.39 is 0 Å². The number of rotatable bonds is 7. The smallest absolute Gasteiger partial charge is 0.220 e. The van der Waals surface area contributed by atoms with Crippen molar-refractivity contribution in [2.75, 3.05) is 13.2 Å². The predicted octanol–water partition coefficient (Wildman–Crippen LogP) is 2.04. The summed E-state index contributed by atoms with van der Waals surface area (Å²) in [6, 6.07) is 7.91. The first-order chi connectivity index (χ1) is 8.58. The van der Waals surface area contributed by atoms with Crippen molar-refractivity contribution in [3.8, 4) is 5.75 Å². The number of ether oxygens (including phenoxy) is 1. The zero-order chi connectivity index (χ0) is 13.4. The van der Waals surface area contributed by atoms with Crippen LogP contribution in [0.5, 0.6) is 5.75 Å². The summed E-state index contributed by atoms with van der Waals surface area (Å²) in [7, 11) is 0. The molecule has 1 amide bonds. The Balaban J connectivity index is 0.00000324. The van der Waals surface area contributed by atoms with Gasteiger partial charge >= 0.3 is 0 Å². The van der Waals surface area contributed by atoms with Crippen LogP contribution in [-0.4, -0.2) is 25.1 Å². The molecule has 1 atom stereocenters. The minimum Gasteiger partial charge on any atom is -0.492 e. The van der Waals surface area contributed by atoms with Crippen LogP contribution in [0.3, 0.4) is 0 Å². The molecule has 0 aromatic heterocycles. The highest BCUT2D eigenvalue weighted by atomic mass is 35.5. The molecule has 0 bridgehead atoms. The Bertz CT molecular complexity index is 383. The standard InChI is InChI=1S/C14H22N2O2.ClH/c1-11-4-3-5-13(10-11)18-9-8-16-14(17)7-6-12(2)15;/h3-5,10,12H,6-9,15H2,1-2H3,(H,16,17);1H. The van der Waals surface area contributed by atoms with Crippen molar-refractivity contribution < 1.29 is 9.53 Å². The molecule has 1 aromatic rings. The molecule has 3 N–H and O–H groups in total. The Morgan fingerprint density at radius 1 is 1.47 bits per heavy atom. The zero-order valence-corrected chi connectivity index (χ0v) is 12.3. The van der Waals surface area contributed by atoms with Crippen LogP contribution in [0.15, 0.2) is 24.3 Å². The second-order valence-corrected chi connectivity index (χ2v) is 4.53. The summed E-state index contributed by atoms with van der Waals surface area (Å²) in [6.45, 7) is 4.91. The number of nitrogens with one attached hydrogen (secondary N) is 1. The first-order valence-corrected chi connectivity index (χ1v) is 6.29. The molecule has 0 aliphatic rings. The van der Waals surface area contributed by atoms with Gasteiger partial charge in [0.1, 0.15) is 12.4 Å². The van der Waals surface area contributed by atoms with Gasteiger partial charge in [0.2, 0.25) is 5.91 Å². The molecular weight excluding hydrogens is 264 g/mol. The van der Waals surface area contributed by atoms with Gasteiger partial charge in [-0.05, 0) is 38.0 Å². The second-order valence-electron chi connectivity index (χ2n) is 4.53. The minimum absolute atomic E-state index is 0. The van der Waals surface area contributed by atoms with Crippen molar-refractivity contribution in [3.05, 3.63) is 29.8 Å². The lowest BCUT2D eigenvalue weighted by Crippen LogP contribution is -2.29. The molecule has 19 heavy (non-hydrogen) atoms. The van der Waals surface area contributed by atoms with Crippen LogP contribution in [0.4, 0.5) is 0 Å². The van der Waals surface area contributed by atoms with Gasteiger partial charge in [-0.15, -0.1) is 12.4 Å². The molecule has 1 aromatic carbocycles. The number of carbonyl (C=O) groups excluding carboxylic acids is 1. The third kappa shape index (κ3) is 8.46. The first-order valence-electron chi connectivity index (χ1n) is 6.29. The maximum Gasteiger partial charge on any atom is 0.220 e. The maximum atomic E-state index is 11.4. The van der Waals surface area contributed by atoms with Crippen LogP contribution >= 0.6 is 12.4 Å². The fraction of sp³-hybridized carbons (Fsp3) is 0.500. The van der Waals surface area contributed by atoms with Gasteiger partial charge in [-0.25, -0.2) is 0 Å². The molecule has 108 valence electrons. The monoisotopic (exact) mass is 286 g/mol. The maximum absolute atomic E-state index is 11.4. The molecule has 0 saturated heterocycles. The summed E-state index contributed by atoms with van der Waals surface area (Å²) in [5.74, 6) is 0.861. The van der Waals surface area contributed by atoms with Gasteiger partial charge < -0.3 is 15.8 Å². The van der Waals surface area contributed by atoms with Crippen LogP contribution in [0.25, 0.3) is 0 Å². The van der Waals surface area contributed by atoms with E-state index in [0.29, 0.717) is 26.0 Å². The summed E-state index contributed by atoms with van der Waals surface area (Å²) >= 11 is 0. The molecule has 4 nitrogen and oxygen atoms in total. The number of benzene rings is 1. The molecule has 0 aliphatic carbocycles. The summed E-state index contributed by atoms with van der Waals surface area (Å²) in [6.07, 6.45) is 1.19. The Morgan fingerprint density at radius 3 is 2.84 bits per heavy atom. The molecule has 5 heteroatoms. The van der Waals surface area contributed by atoms with E-state index in [1.54, 1.807) is 0 Å². The quantitative estimate of drug-likeness (QED) is 0.754. The molecule has 0 aliphatic heterocycles. The number of nitrogens with two attached hydrogens (primary N) is 1. The lowest BCUT2D eigenvalue weighted by Gasteiger charge is -2.09. The Morgan fingerprint density at radius 2 is 2.21 bits per heavy atom. The minimum atomic E-state index is 0. The Labute approximate surface area is 121 Å². The molecule has 1 rings (SSSR count). The fourth-order valence-corrected chi connectivity index (χ4v) is 1.51. The van der Waals surface area contributed by atoms with Crippen molar-refractivity contribution in [1.29, 1.82) is 0 Å². The summed E-state index contributed by atoms with van der Waals surface area (Å²) in [5.41, 5.74) is 6.74. The molecule has 1 unspecified atom stereocenters. The summed E-state index contributed by atoms with van der Waals surface area (Å²) < 4.78 is 5.52. The molecule has 0 heterocycles. The van der Waals surface area contributed by atoms with Crippen molar-refractivity contribution in [3.63, 3.8) is 0 Å². The number of carbonyl (C=O) groups is 1. The third-order valence-corrected chi connectivity index (χ3v) is 2.51. The van der Waals surface area contributed by atoms with E-state index in [-0.39, 0.29) is 24.4 Å². The van der Waals surface area contributed by atoms with E-state index in [2.05, 4.69) is 5.32 Å². The number of amides is 1. The van der Waals surface area contributed by atoms with Crippen molar-refractivity contribution in [1.82, 2.24) is 5.32 Å². The number of aryl methyl sites for hydroxylation is 1. The fourth-order valence-electron chi connectivity index (χ4n) is 1.51. The van der Waals surface area contributed by atoms with Gasteiger partial charge in [0.25, 0.3) is 0 Å². The largest absolute Gasteiger partial charge is 0.492 e. The van der Waals surface area contributed by atoms with E-state index in [0.717, 1.165) is 11.3 Å². The molecular formula is C14H23ClN2O2. The lowest BCUT2D eigenvalue weighted by molar-refractivity contribution is -0.121. The van der Waals surface area contributed by atoms with E-state index in [4.69, 9.17) is 10.5 Å². The number of hydrogen-bond donors (Lipinski definition) is 2. The SMILES string of the molecule is Cc1cccc(OCCNC(=O)CCC(C)N)c1.Cl. The number of halogens is 1. The van der Waals surface area contributed by atoms with Crippen LogP contribution < -0.4 is 15.8 Å². The van der Waals surface area contributed by atoms with Crippen molar-refractivity contribution >= 4 is 18.3 Å². The number of hydrogen-bond acceptors (Lipinski definition) is 3. The van der Waals surface area contributed by atoms with Gasteiger partial charge in [-0.1, -0.05) is 12.1 Å². The van der Waals surface area contributed by atoms with Gasteiger partial charge in [0, 0.05) is 12.5 Å². The van der Waals surface area contributed by atoms with E-state index in [1.165, 1.54) is 0 Å². The normalized spacial score (nSPS) is 11.3. The average molecular weight is 287 g/mol.